The molecular weight excluding hydrogens is 498 g/mol. The van der Waals surface area contributed by atoms with Crippen LogP contribution in [-0.4, -0.2) is 52.6 Å². The van der Waals surface area contributed by atoms with Gasteiger partial charge in [0, 0.05) is 30.3 Å². The fraction of sp³-hybridized carbons (Fsp3) is 0.433. The Kier molecular flexibility index (Phi) is 9.05. The van der Waals surface area contributed by atoms with Crippen molar-refractivity contribution in [2.45, 2.75) is 57.9 Å². The van der Waals surface area contributed by atoms with Crippen molar-refractivity contribution in [3.8, 4) is 17.0 Å². The summed E-state index contributed by atoms with van der Waals surface area (Å²) >= 11 is 1.39. The second-order valence-corrected chi connectivity index (χ2v) is 11.3. The maximum absolute atomic E-state index is 12.6. The van der Waals surface area contributed by atoms with E-state index in [1.54, 1.807) is 11.8 Å². The molecule has 8 heteroatoms. The van der Waals surface area contributed by atoms with E-state index in [0.717, 1.165) is 42.5 Å². The number of carboxylic acids is 1. The van der Waals surface area contributed by atoms with Crippen LogP contribution in [0.4, 0.5) is 5.13 Å². The lowest BCUT2D eigenvalue weighted by Gasteiger charge is -2.26. The molecule has 202 valence electrons. The topological polar surface area (TPSA) is 91.8 Å². The van der Waals surface area contributed by atoms with Gasteiger partial charge in [-0.05, 0) is 44.4 Å². The van der Waals surface area contributed by atoms with E-state index in [0.29, 0.717) is 24.0 Å². The molecule has 1 aliphatic rings. The number of nitrogens with one attached hydrogen (secondary N) is 1. The molecule has 0 saturated heterocycles. The normalized spacial score (nSPS) is 15.4. The highest BCUT2D eigenvalue weighted by Crippen LogP contribution is 2.29. The Labute approximate surface area is 228 Å². The number of aliphatic carboxylic acids is 1. The number of aryl methyl sites for hydroxylation is 1. The number of rotatable bonds is 11. The first-order valence-electron chi connectivity index (χ1n) is 13.2. The number of carboxylic acid groups (broad SMARTS) is 1. The van der Waals surface area contributed by atoms with Gasteiger partial charge in [0.2, 0.25) is 5.91 Å². The molecule has 0 spiro atoms. The number of carbonyl (C=O) groups excluding carboxylic acids is 1. The summed E-state index contributed by atoms with van der Waals surface area (Å²) in [6, 6.07) is 15.6. The number of benzene rings is 2. The SMILES string of the molecule is Cc1ccc(-c2csc(N[C@@](C)(Cc3ccc(OCCN(C)C(=O)C4CCCCC4)cc3)C(=O)O)n2)cc1. The predicted molar refractivity (Wildman–Crippen MR) is 152 cm³/mol. The second-order valence-electron chi connectivity index (χ2n) is 10.4. The molecule has 1 fully saturated rings. The molecule has 1 amide bonds. The summed E-state index contributed by atoms with van der Waals surface area (Å²) in [5, 5.41) is 15.7. The van der Waals surface area contributed by atoms with Crippen molar-refractivity contribution in [1.82, 2.24) is 9.88 Å². The number of hydrogen-bond donors (Lipinski definition) is 2. The smallest absolute Gasteiger partial charge is 0.329 e. The third kappa shape index (κ3) is 7.13. The number of nitrogens with zero attached hydrogens (tertiary/aromatic N) is 2. The average Bonchev–Trinajstić information content (AvgIpc) is 3.38. The highest BCUT2D eigenvalue weighted by atomic mass is 32.1. The van der Waals surface area contributed by atoms with E-state index in [9.17, 15) is 14.7 Å². The molecular formula is C30H37N3O4S. The molecule has 0 aliphatic heterocycles. The van der Waals surface area contributed by atoms with E-state index < -0.39 is 11.5 Å². The molecule has 1 aromatic heterocycles. The van der Waals surface area contributed by atoms with E-state index in [4.69, 9.17) is 4.74 Å². The Hall–Kier alpha value is -3.39. The molecule has 7 nitrogen and oxygen atoms in total. The number of amides is 1. The van der Waals surface area contributed by atoms with Crippen LogP contribution in [-0.2, 0) is 16.0 Å². The summed E-state index contributed by atoms with van der Waals surface area (Å²) in [5.74, 6) is 0.120. The summed E-state index contributed by atoms with van der Waals surface area (Å²) in [6.45, 7) is 4.66. The Morgan fingerprint density at radius 3 is 2.45 bits per heavy atom. The predicted octanol–water partition coefficient (Wildman–Crippen LogP) is 6.03. The first-order valence-corrected chi connectivity index (χ1v) is 14.1. The number of likely N-dealkylation sites (N-methyl/N-ethyl adjacent to an activating group) is 1. The van der Waals surface area contributed by atoms with Crippen LogP contribution in [0.3, 0.4) is 0 Å². The van der Waals surface area contributed by atoms with Crippen molar-refractivity contribution in [3.05, 3.63) is 65.0 Å². The number of hydrogen-bond acceptors (Lipinski definition) is 6. The van der Waals surface area contributed by atoms with Crippen molar-refractivity contribution in [3.63, 3.8) is 0 Å². The minimum Gasteiger partial charge on any atom is -0.492 e. The summed E-state index contributed by atoms with van der Waals surface area (Å²) in [6.07, 6.45) is 5.77. The molecule has 4 rings (SSSR count). The number of carbonyl (C=O) groups is 2. The van der Waals surface area contributed by atoms with E-state index >= 15 is 0 Å². The zero-order chi connectivity index (χ0) is 27.1. The third-order valence-corrected chi connectivity index (χ3v) is 7.97. The molecule has 1 aliphatic carbocycles. The van der Waals surface area contributed by atoms with Crippen LogP contribution < -0.4 is 10.1 Å². The third-order valence-electron chi connectivity index (χ3n) is 7.21. The summed E-state index contributed by atoms with van der Waals surface area (Å²) in [5.41, 5.74) is 2.63. The molecule has 2 aromatic carbocycles. The van der Waals surface area contributed by atoms with E-state index in [1.165, 1.54) is 23.3 Å². The Balaban J connectivity index is 1.31. The molecule has 0 bridgehead atoms. The van der Waals surface area contributed by atoms with Crippen LogP contribution in [0.25, 0.3) is 11.3 Å². The van der Waals surface area contributed by atoms with Crippen molar-refractivity contribution in [2.24, 2.45) is 5.92 Å². The summed E-state index contributed by atoms with van der Waals surface area (Å²) < 4.78 is 5.86. The van der Waals surface area contributed by atoms with Crippen LogP contribution in [0.15, 0.2) is 53.9 Å². The fourth-order valence-corrected chi connectivity index (χ4v) is 5.63. The Morgan fingerprint density at radius 1 is 1.11 bits per heavy atom. The van der Waals surface area contributed by atoms with Crippen molar-refractivity contribution in [1.29, 1.82) is 0 Å². The van der Waals surface area contributed by atoms with E-state index in [-0.39, 0.29) is 18.2 Å². The standard InChI is InChI=1S/C30H37N3O4S/c1-21-9-13-23(14-10-21)26-20-38-29(31-26)32-30(2,28(35)36)19-22-11-15-25(16-12-22)37-18-17-33(3)27(34)24-7-5-4-6-8-24/h9-16,20,24H,4-8,17-19H2,1-3H3,(H,31,32)(H,35,36)/t30-/m0/s1. The van der Waals surface area contributed by atoms with Crippen LogP contribution in [0.5, 0.6) is 5.75 Å². The minimum absolute atomic E-state index is 0.156. The molecule has 0 unspecified atom stereocenters. The lowest BCUT2D eigenvalue weighted by molar-refractivity contribution is -0.141. The van der Waals surface area contributed by atoms with Gasteiger partial charge in [-0.3, -0.25) is 4.79 Å². The van der Waals surface area contributed by atoms with Gasteiger partial charge < -0.3 is 20.1 Å². The van der Waals surface area contributed by atoms with Gasteiger partial charge in [-0.25, -0.2) is 9.78 Å². The van der Waals surface area contributed by atoms with Crippen molar-refractivity contribution < 1.29 is 19.4 Å². The number of ether oxygens (including phenoxy) is 1. The number of anilines is 1. The van der Waals surface area contributed by atoms with Gasteiger partial charge in [-0.2, -0.15) is 0 Å². The molecule has 1 saturated carbocycles. The Bertz CT molecular complexity index is 1220. The molecule has 3 aromatic rings. The van der Waals surface area contributed by atoms with Gasteiger partial charge in [-0.15, -0.1) is 11.3 Å². The quantitative estimate of drug-likeness (QED) is 0.311. The fourth-order valence-electron chi connectivity index (χ4n) is 4.78. The van der Waals surface area contributed by atoms with Crippen molar-refractivity contribution in [2.75, 3.05) is 25.5 Å². The lowest BCUT2D eigenvalue weighted by atomic mass is 9.88. The van der Waals surface area contributed by atoms with Gasteiger partial charge in [0.1, 0.15) is 17.9 Å². The zero-order valence-electron chi connectivity index (χ0n) is 22.4. The summed E-state index contributed by atoms with van der Waals surface area (Å²) in [7, 11) is 1.84. The van der Waals surface area contributed by atoms with Crippen molar-refractivity contribution >= 4 is 28.3 Å². The maximum atomic E-state index is 12.6. The van der Waals surface area contributed by atoms with Crippen LogP contribution >= 0.6 is 11.3 Å². The maximum Gasteiger partial charge on any atom is 0.329 e. The molecule has 1 atom stereocenters. The molecule has 0 radical (unpaired) electrons. The lowest BCUT2D eigenvalue weighted by Crippen LogP contribution is -2.45. The molecule has 2 N–H and O–H groups in total. The van der Waals surface area contributed by atoms with Gasteiger partial charge >= 0.3 is 5.97 Å². The number of thiazole rings is 1. The molecule has 1 heterocycles. The zero-order valence-corrected chi connectivity index (χ0v) is 23.2. The monoisotopic (exact) mass is 535 g/mol. The molecule has 38 heavy (non-hydrogen) atoms. The highest BCUT2D eigenvalue weighted by Gasteiger charge is 2.34. The Morgan fingerprint density at radius 2 is 1.79 bits per heavy atom. The van der Waals surface area contributed by atoms with Gasteiger partial charge in [0.15, 0.2) is 5.13 Å². The van der Waals surface area contributed by atoms with Crippen LogP contribution in [0.1, 0.15) is 50.2 Å². The first-order chi connectivity index (χ1) is 18.2. The minimum atomic E-state index is -1.23. The van der Waals surface area contributed by atoms with Gasteiger partial charge in [0.05, 0.1) is 12.2 Å². The first kappa shape index (κ1) is 27.6. The van der Waals surface area contributed by atoms with Crippen LogP contribution in [0, 0.1) is 12.8 Å². The second kappa shape index (κ2) is 12.4. The average molecular weight is 536 g/mol. The highest BCUT2D eigenvalue weighted by molar-refractivity contribution is 7.14. The van der Waals surface area contributed by atoms with E-state index in [1.807, 2.05) is 67.9 Å². The van der Waals surface area contributed by atoms with Gasteiger partial charge in [0.25, 0.3) is 0 Å². The number of aromatic nitrogens is 1. The van der Waals surface area contributed by atoms with Gasteiger partial charge in [-0.1, -0.05) is 61.2 Å². The largest absolute Gasteiger partial charge is 0.492 e. The summed E-state index contributed by atoms with van der Waals surface area (Å²) in [4.78, 5) is 31.2. The van der Waals surface area contributed by atoms with E-state index in [2.05, 4.69) is 10.3 Å². The van der Waals surface area contributed by atoms with Crippen LogP contribution in [0.2, 0.25) is 0 Å².